The Morgan fingerprint density at radius 1 is 1.32 bits per heavy atom. The van der Waals surface area contributed by atoms with E-state index in [0.717, 1.165) is 49.6 Å². The Bertz CT molecular complexity index is 964. The Balaban J connectivity index is 1.71. The summed E-state index contributed by atoms with van der Waals surface area (Å²) in [5.74, 6) is 0.779. The van der Waals surface area contributed by atoms with Gasteiger partial charge in [-0.1, -0.05) is 24.3 Å². The molecule has 3 aromatic rings. The molecular formula is C18H14BrIN2O3. The first kappa shape index (κ1) is 16.8. The molecule has 1 saturated carbocycles. The lowest BCUT2D eigenvalue weighted by Gasteiger charge is -2.42. The van der Waals surface area contributed by atoms with Gasteiger partial charge in [-0.15, -0.1) is 0 Å². The normalized spacial score (nSPS) is 15.8. The largest absolute Gasteiger partial charge is 0.465 e. The fourth-order valence-corrected chi connectivity index (χ4v) is 4.42. The number of rotatable bonds is 3. The Hall–Kier alpha value is -1.61. The summed E-state index contributed by atoms with van der Waals surface area (Å²) < 4.78 is 7.84. The first-order chi connectivity index (χ1) is 12.0. The molecule has 4 rings (SSSR count). The van der Waals surface area contributed by atoms with E-state index < -0.39 is 11.6 Å². The second kappa shape index (κ2) is 6.28. The monoisotopic (exact) mass is 512 g/mol. The van der Waals surface area contributed by atoms with E-state index in [2.05, 4.69) is 48.8 Å². The first-order valence-electron chi connectivity index (χ1n) is 7.84. The van der Waals surface area contributed by atoms with Crippen LogP contribution in [0.4, 0.5) is 4.79 Å². The smallest absolute Gasteiger partial charge is 0.405 e. The van der Waals surface area contributed by atoms with Gasteiger partial charge in [0.2, 0.25) is 5.71 Å². The number of nitrogens with one attached hydrogen (secondary N) is 1. The van der Waals surface area contributed by atoms with Crippen molar-refractivity contribution in [3.63, 3.8) is 0 Å². The van der Waals surface area contributed by atoms with Crippen LogP contribution in [0.3, 0.4) is 0 Å². The molecular weight excluding hydrogens is 499 g/mol. The third-order valence-corrected chi connectivity index (χ3v) is 6.21. The minimum absolute atomic E-state index is 0.447. The summed E-state index contributed by atoms with van der Waals surface area (Å²) in [6.07, 6.45) is 3.43. The second-order valence-corrected chi connectivity index (χ2v) is 8.19. The van der Waals surface area contributed by atoms with Gasteiger partial charge in [-0.25, -0.2) is 9.78 Å². The molecule has 5 nitrogen and oxygen atoms in total. The van der Waals surface area contributed by atoms with Crippen LogP contribution in [-0.2, 0) is 5.54 Å². The van der Waals surface area contributed by atoms with E-state index in [1.165, 1.54) is 0 Å². The van der Waals surface area contributed by atoms with Gasteiger partial charge in [0.25, 0.3) is 0 Å². The first-order valence-corrected chi connectivity index (χ1v) is 9.71. The van der Waals surface area contributed by atoms with Gasteiger partial charge < -0.3 is 14.8 Å². The predicted molar refractivity (Wildman–Crippen MR) is 107 cm³/mol. The third kappa shape index (κ3) is 2.93. The summed E-state index contributed by atoms with van der Waals surface area (Å²) in [5.41, 5.74) is 2.11. The van der Waals surface area contributed by atoms with Crippen molar-refractivity contribution in [3.05, 3.63) is 50.1 Å². The molecule has 1 amide bonds. The second-order valence-electron chi connectivity index (χ2n) is 6.19. The lowest BCUT2D eigenvalue weighted by atomic mass is 9.72. The van der Waals surface area contributed by atoms with Crippen molar-refractivity contribution in [1.82, 2.24) is 10.3 Å². The van der Waals surface area contributed by atoms with Gasteiger partial charge in [0, 0.05) is 16.2 Å². The average Bonchev–Trinajstić information content (AvgIpc) is 2.88. The molecule has 1 fully saturated rings. The number of halogens is 2. The molecule has 2 aromatic heterocycles. The van der Waals surface area contributed by atoms with E-state index >= 15 is 0 Å². The zero-order chi connectivity index (χ0) is 17.6. The Labute approximate surface area is 166 Å². The molecule has 128 valence electrons. The van der Waals surface area contributed by atoms with E-state index in [-0.39, 0.29) is 0 Å². The quantitative estimate of drug-likeness (QED) is 0.454. The van der Waals surface area contributed by atoms with Crippen molar-refractivity contribution >= 4 is 55.7 Å². The SMILES string of the molecule is O=C(O)NC1(c2ccc(-c3oc4ncc(Br)cc4c3I)cc2)CCC1. The maximum atomic E-state index is 11.1. The molecule has 0 atom stereocenters. The van der Waals surface area contributed by atoms with Gasteiger partial charge in [0.05, 0.1) is 14.5 Å². The maximum Gasteiger partial charge on any atom is 0.405 e. The van der Waals surface area contributed by atoms with E-state index in [0.29, 0.717) is 5.71 Å². The molecule has 0 saturated heterocycles. The summed E-state index contributed by atoms with van der Waals surface area (Å²) in [5, 5.41) is 12.8. The summed E-state index contributed by atoms with van der Waals surface area (Å²) in [4.78, 5) is 15.4. The standard InChI is InChI=1S/C18H14BrIN2O3/c19-12-8-13-14(20)15(25-16(13)21-9-12)10-2-4-11(5-3-10)18(6-1-7-18)22-17(23)24/h2-5,8-9,22H,1,6-7H2,(H,23,24). The molecule has 2 heterocycles. The topological polar surface area (TPSA) is 75.4 Å². The highest BCUT2D eigenvalue weighted by Crippen LogP contribution is 2.42. The van der Waals surface area contributed by atoms with Crippen LogP contribution in [0.2, 0.25) is 0 Å². The van der Waals surface area contributed by atoms with E-state index in [9.17, 15) is 4.79 Å². The van der Waals surface area contributed by atoms with Crippen LogP contribution in [0.15, 0.2) is 45.4 Å². The minimum Gasteiger partial charge on any atom is -0.465 e. The Morgan fingerprint density at radius 3 is 2.64 bits per heavy atom. The van der Waals surface area contributed by atoms with Crippen molar-refractivity contribution in [1.29, 1.82) is 0 Å². The Morgan fingerprint density at radius 2 is 2.04 bits per heavy atom. The van der Waals surface area contributed by atoms with Crippen LogP contribution in [-0.4, -0.2) is 16.2 Å². The van der Waals surface area contributed by atoms with Crippen LogP contribution in [0.25, 0.3) is 22.4 Å². The third-order valence-electron chi connectivity index (χ3n) is 4.71. The molecule has 25 heavy (non-hydrogen) atoms. The summed E-state index contributed by atoms with van der Waals surface area (Å²) >= 11 is 5.70. The van der Waals surface area contributed by atoms with Crippen molar-refractivity contribution in [2.75, 3.05) is 0 Å². The van der Waals surface area contributed by atoms with Crippen molar-refractivity contribution in [3.8, 4) is 11.3 Å². The van der Waals surface area contributed by atoms with Gasteiger partial charge in [-0.05, 0) is 69.4 Å². The molecule has 7 heteroatoms. The summed E-state index contributed by atoms with van der Waals surface area (Å²) in [6.45, 7) is 0. The van der Waals surface area contributed by atoms with Gasteiger partial charge in [-0.3, -0.25) is 0 Å². The number of pyridine rings is 1. The lowest BCUT2D eigenvalue weighted by molar-refractivity contribution is 0.144. The highest BCUT2D eigenvalue weighted by molar-refractivity contribution is 14.1. The van der Waals surface area contributed by atoms with Gasteiger partial charge in [0.15, 0.2) is 5.76 Å². The molecule has 1 aromatic carbocycles. The molecule has 0 radical (unpaired) electrons. The number of hydrogen-bond acceptors (Lipinski definition) is 3. The number of hydrogen-bond donors (Lipinski definition) is 2. The molecule has 0 bridgehead atoms. The number of carbonyl (C=O) groups is 1. The number of nitrogens with zero attached hydrogens (tertiary/aromatic N) is 1. The lowest BCUT2D eigenvalue weighted by Crippen LogP contribution is -2.50. The number of furan rings is 1. The van der Waals surface area contributed by atoms with Crippen LogP contribution in [0.5, 0.6) is 0 Å². The molecule has 0 spiro atoms. The maximum absolute atomic E-state index is 11.1. The zero-order valence-electron chi connectivity index (χ0n) is 13.1. The van der Waals surface area contributed by atoms with E-state index in [4.69, 9.17) is 9.52 Å². The molecule has 1 aliphatic carbocycles. The van der Waals surface area contributed by atoms with Crippen LogP contribution in [0.1, 0.15) is 24.8 Å². The summed E-state index contributed by atoms with van der Waals surface area (Å²) in [6, 6.07) is 9.92. The van der Waals surface area contributed by atoms with Gasteiger partial charge in [0.1, 0.15) is 0 Å². The minimum atomic E-state index is -0.979. The van der Waals surface area contributed by atoms with Crippen LogP contribution in [0, 0.1) is 3.57 Å². The van der Waals surface area contributed by atoms with Crippen molar-refractivity contribution < 1.29 is 14.3 Å². The van der Waals surface area contributed by atoms with E-state index in [1.54, 1.807) is 6.20 Å². The molecule has 2 N–H and O–H groups in total. The average molecular weight is 513 g/mol. The fourth-order valence-electron chi connectivity index (χ4n) is 3.28. The van der Waals surface area contributed by atoms with Crippen molar-refractivity contribution in [2.24, 2.45) is 0 Å². The highest BCUT2D eigenvalue weighted by atomic mass is 127. The highest BCUT2D eigenvalue weighted by Gasteiger charge is 2.40. The van der Waals surface area contributed by atoms with E-state index in [1.807, 2.05) is 30.3 Å². The zero-order valence-corrected chi connectivity index (χ0v) is 16.8. The number of amides is 1. The molecule has 0 aliphatic heterocycles. The van der Waals surface area contributed by atoms with Crippen molar-refractivity contribution in [2.45, 2.75) is 24.8 Å². The number of benzene rings is 1. The molecule has 1 aliphatic rings. The van der Waals surface area contributed by atoms with Gasteiger partial charge >= 0.3 is 6.09 Å². The Kier molecular flexibility index (Phi) is 4.23. The summed E-state index contributed by atoms with van der Waals surface area (Å²) in [7, 11) is 0. The number of carboxylic acid groups (broad SMARTS) is 1. The molecule has 0 unspecified atom stereocenters. The number of aromatic nitrogens is 1. The fraction of sp³-hybridized carbons (Fsp3) is 0.222. The predicted octanol–water partition coefficient (Wildman–Crippen LogP) is 5.51. The number of fused-ring (bicyclic) bond motifs is 1. The van der Waals surface area contributed by atoms with Crippen LogP contribution < -0.4 is 5.32 Å². The van der Waals surface area contributed by atoms with Gasteiger partial charge in [-0.2, -0.15) is 0 Å². The van der Waals surface area contributed by atoms with Crippen LogP contribution >= 0.6 is 38.5 Å².